The van der Waals surface area contributed by atoms with Crippen LogP contribution in [0.2, 0.25) is 0 Å². The summed E-state index contributed by atoms with van der Waals surface area (Å²) in [6.45, 7) is 3.30. The third-order valence-corrected chi connectivity index (χ3v) is 5.26. The molecule has 2 fully saturated rings. The van der Waals surface area contributed by atoms with Crippen molar-refractivity contribution in [2.45, 2.75) is 31.9 Å². The summed E-state index contributed by atoms with van der Waals surface area (Å²) in [6, 6.07) is 5.01. The van der Waals surface area contributed by atoms with Crippen molar-refractivity contribution < 1.29 is 18.7 Å². The van der Waals surface area contributed by atoms with Gasteiger partial charge in [-0.2, -0.15) is 15.0 Å². The average Bonchev–Trinajstić information content (AvgIpc) is 3.36. The molecule has 1 atom stereocenters. The highest BCUT2D eigenvalue weighted by Gasteiger charge is 2.33. The van der Waals surface area contributed by atoms with E-state index in [1.807, 2.05) is 4.90 Å². The van der Waals surface area contributed by atoms with E-state index >= 15 is 0 Å². The number of nitrogens with zero attached hydrogens (tertiary/aromatic N) is 5. The Balaban J connectivity index is 1.39. The summed E-state index contributed by atoms with van der Waals surface area (Å²) in [7, 11) is 0. The Morgan fingerprint density at radius 2 is 2.00 bits per heavy atom. The van der Waals surface area contributed by atoms with E-state index < -0.39 is 12.2 Å². The number of benzene rings is 1. The Hall–Kier alpha value is -3.17. The standard InChI is InChI=1S/C19H23FN6O3/c1-13(27)21-11-16-12-25(19(28)29-16)15-2-3-18(17(20)10-15)24-8-4-14(5-9-24)26-22-6-7-23-26/h2-3,6-7,10,14,16H,4-5,8-9,11-12H2,1H3,(H,21,27)/t16-/m0/s1. The normalized spacial score (nSPS) is 20.1. The molecule has 1 aromatic heterocycles. The van der Waals surface area contributed by atoms with Gasteiger partial charge in [-0.05, 0) is 31.0 Å². The van der Waals surface area contributed by atoms with Gasteiger partial charge in [-0.15, -0.1) is 0 Å². The van der Waals surface area contributed by atoms with Gasteiger partial charge in [0.25, 0.3) is 0 Å². The zero-order valence-corrected chi connectivity index (χ0v) is 16.1. The molecule has 3 heterocycles. The predicted molar refractivity (Wildman–Crippen MR) is 103 cm³/mol. The van der Waals surface area contributed by atoms with Crippen LogP contribution in [0.5, 0.6) is 0 Å². The molecule has 0 aliphatic carbocycles. The largest absolute Gasteiger partial charge is 0.442 e. The van der Waals surface area contributed by atoms with Crippen LogP contribution in [0.15, 0.2) is 30.6 Å². The first-order valence-corrected chi connectivity index (χ1v) is 9.64. The second-order valence-corrected chi connectivity index (χ2v) is 7.26. The first-order valence-electron chi connectivity index (χ1n) is 9.64. The second kappa shape index (κ2) is 8.06. The zero-order chi connectivity index (χ0) is 20.4. The number of hydrogen-bond donors (Lipinski definition) is 1. The first-order chi connectivity index (χ1) is 14.0. The minimum Gasteiger partial charge on any atom is -0.442 e. The van der Waals surface area contributed by atoms with Crippen LogP contribution in [0, 0.1) is 5.82 Å². The number of nitrogens with one attached hydrogen (secondary N) is 1. The van der Waals surface area contributed by atoms with E-state index in [9.17, 15) is 14.0 Å². The third kappa shape index (κ3) is 4.15. The fraction of sp³-hybridized carbons (Fsp3) is 0.474. The molecule has 0 radical (unpaired) electrons. The van der Waals surface area contributed by atoms with E-state index in [4.69, 9.17) is 4.74 Å². The van der Waals surface area contributed by atoms with Crippen LogP contribution >= 0.6 is 0 Å². The molecule has 0 spiro atoms. The Kier molecular flexibility index (Phi) is 5.32. The number of piperidine rings is 1. The highest BCUT2D eigenvalue weighted by atomic mass is 19.1. The van der Waals surface area contributed by atoms with Crippen molar-refractivity contribution in [1.29, 1.82) is 0 Å². The van der Waals surface area contributed by atoms with E-state index in [0.717, 1.165) is 12.8 Å². The van der Waals surface area contributed by atoms with Gasteiger partial charge in [0.05, 0.1) is 42.9 Å². The zero-order valence-electron chi connectivity index (χ0n) is 16.1. The molecule has 0 unspecified atom stereocenters. The molecule has 154 valence electrons. The van der Waals surface area contributed by atoms with Gasteiger partial charge in [0, 0.05) is 20.0 Å². The molecule has 2 saturated heterocycles. The lowest BCUT2D eigenvalue weighted by Gasteiger charge is -2.33. The molecule has 2 aliphatic rings. The van der Waals surface area contributed by atoms with Gasteiger partial charge in [0.1, 0.15) is 11.9 Å². The minimum atomic E-state index is -0.542. The summed E-state index contributed by atoms with van der Waals surface area (Å²) in [5, 5.41) is 11.0. The Morgan fingerprint density at radius 1 is 1.28 bits per heavy atom. The number of rotatable bonds is 5. The molecule has 2 aliphatic heterocycles. The highest BCUT2D eigenvalue weighted by Crippen LogP contribution is 2.31. The molecule has 9 nitrogen and oxygen atoms in total. The van der Waals surface area contributed by atoms with Crippen molar-refractivity contribution >= 4 is 23.4 Å². The smallest absolute Gasteiger partial charge is 0.414 e. The Labute approximate surface area is 167 Å². The van der Waals surface area contributed by atoms with Crippen LogP contribution in [0.3, 0.4) is 0 Å². The number of carbonyl (C=O) groups is 2. The van der Waals surface area contributed by atoms with Crippen LogP contribution < -0.4 is 15.1 Å². The van der Waals surface area contributed by atoms with Crippen LogP contribution in [-0.2, 0) is 9.53 Å². The monoisotopic (exact) mass is 402 g/mol. The van der Waals surface area contributed by atoms with Crippen molar-refractivity contribution in [2.24, 2.45) is 0 Å². The van der Waals surface area contributed by atoms with E-state index in [0.29, 0.717) is 24.5 Å². The summed E-state index contributed by atoms with van der Waals surface area (Å²) in [4.78, 5) is 28.2. The molecule has 0 bridgehead atoms. The summed E-state index contributed by atoms with van der Waals surface area (Å²) in [5.74, 6) is -0.571. The van der Waals surface area contributed by atoms with Crippen LogP contribution in [-0.4, -0.2) is 59.3 Å². The molecule has 2 aromatic rings. The summed E-state index contributed by atoms with van der Waals surface area (Å²) in [5.41, 5.74) is 0.959. The van der Waals surface area contributed by atoms with Gasteiger partial charge in [-0.25, -0.2) is 9.18 Å². The number of carbonyl (C=O) groups excluding carboxylic acids is 2. The van der Waals surface area contributed by atoms with Gasteiger partial charge < -0.3 is 15.0 Å². The number of hydrogen-bond acceptors (Lipinski definition) is 6. The van der Waals surface area contributed by atoms with E-state index in [2.05, 4.69) is 15.5 Å². The summed E-state index contributed by atoms with van der Waals surface area (Å²) >= 11 is 0. The maximum Gasteiger partial charge on any atom is 0.414 e. The van der Waals surface area contributed by atoms with E-state index in [1.54, 1.807) is 29.3 Å². The Morgan fingerprint density at radius 3 is 2.66 bits per heavy atom. The van der Waals surface area contributed by atoms with Crippen molar-refractivity contribution in [3.05, 3.63) is 36.4 Å². The molecular formula is C19H23FN6O3. The number of halogens is 1. The molecule has 29 heavy (non-hydrogen) atoms. The van der Waals surface area contributed by atoms with E-state index in [1.165, 1.54) is 17.9 Å². The van der Waals surface area contributed by atoms with Crippen molar-refractivity contribution in [3.8, 4) is 0 Å². The fourth-order valence-electron chi connectivity index (χ4n) is 3.77. The highest BCUT2D eigenvalue weighted by molar-refractivity contribution is 5.90. The molecule has 2 amide bonds. The molecule has 1 N–H and O–H groups in total. The number of cyclic esters (lactones) is 1. The lowest BCUT2D eigenvalue weighted by molar-refractivity contribution is -0.119. The number of amides is 2. The minimum absolute atomic E-state index is 0.193. The summed E-state index contributed by atoms with van der Waals surface area (Å²) in [6.07, 6.45) is 3.99. The fourth-order valence-corrected chi connectivity index (χ4v) is 3.77. The Bertz CT molecular complexity index is 882. The molecular weight excluding hydrogens is 379 g/mol. The first kappa shape index (κ1) is 19.2. The van der Waals surface area contributed by atoms with Gasteiger partial charge in [0.2, 0.25) is 5.91 Å². The third-order valence-electron chi connectivity index (χ3n) is 5.26. The van der Waals surface area contributed by atoms with Crippen molar-refractivity contribution in [1.82, 2.24) is 20.3 Å². The quantitative estimate of drug-likeness (QED) is 0.819. The SMILES string of the molecule is CC(=O)NC[C@H]1CN(c2ccc(N3CCC(n4nccn4)CC3)c(F)c2)C(=O)O1. The molecule has 4 rings (SSSR count). The molecule has 0 saturated carbocycles. The maximum absolute atomic E-state index is 14.8. The second-order valence-electron chi connectivity index (χ2n) is 7.26. The molecule has 1 aromatic carbocycles. The predicted octanol–water partition coefficient (Wildman–Crippen LogP) is 1.72. The number of anilines is 2. The van der Waals surface area contributed by atoms with Gasteiger partial charge >= 0.3 is 6.09 Å². The van der Waals surface area contributed by atoms with Crippen molar-refractivity contribution in [2.75, 3.05) is 36.0 Å². The number of ether oxygens (including phenoxy) is 1. The van der Waals surface area contributed by atoms with Crippen LogP contribution in [0.1, 0.15) is 25.8 Å². The van der Waals surface area contributed by atoms with Gasteiger partial charge in [0.15, 0.2) is 0 Å². The number of aromatic nitrogens is 3. The lowest BCUT2D eigenvalue weighted by Crippen LogP contribution is -2.36. The average molecular weight is 402 g/mol. The topological polar surface area (TPSA) is 92.6 Å². The van der Waals surface area contributed by atoms with Crippen LogP contribution in [0.25, 0.3) is 0 Å². The molecule has 10 heteroatoms. The lowest BCUT2D eigenvalue weighted by atomic mass is 10.0. The van der Waals surface area contributed by atoms with E-state index in [-0.39, 0.29) is 30.9 Å². The van der Waals surface area contributed by atoms with Gasteiger partial charge in [-0.3, -0.25) is 9.69 Å². The van der Waals surface area contributed by atoms with Gasteiger partial charge in [-0.1, -0.05) is 0 Å². The maximum atomic E-state index is 14.8. The summed E-state index contributed by atoms with van der Waals surface area (Å²) < 4.78 is 20.1. The van der Waals surface area contributed by atoms with Crippen molar-refractivity contribution in [3.63, 3.8) is 0 Å². The van der Waals surface area contributed by atoms with Crippen LogP contribution in [0.4, 0.5) is 20.6 Å².